The van der Waals surface area contributed by atoms with Gasteiger partial charge >= 0.3 is 0 Å². The van der Waals surface area contributed by atoms with Gasteiger partial charge in [0.2, 0.25) is 5.95 Å². The summed E-state index contributed by atoms with van der Waals surface area (Å²) in [7, 11) is 0. The Morgan fingerprint density at radius 1 is 1.17 bits per heavy atom. The van der Waals surface area contributed by atoms with Crippen LogP contribution in [0.2, 0.25) is 5.02 Å². The number of aromatic nitrogens is 2. The summed E-state index contributed by atoms with van der Waals surface area (Å²) in [6, 6.07) is 8.15. The van der Waals surface area contributed by atoms with Crippen LogP contribution in [0.15, 0.2) is 36.7 Å². The fraction of sp³-hybridized carbons (Fsp3) is 0.412. The predicted molar refractivity (Wildman–Crippen MR) is 91.8 cm³/mol. The number of nitrogens with one attached hydrogen (secondary N) is 1. The Labute approximate surface area is 141 Å². The van der Waals surface area contributed by atoms with Crippen molar-refractivity contribution in [3.05, 3.63) is 52.8 Å². The van der Waals surface area contributed by atoms with E-state index in [0.29, 0.717) is 0 Å². The van der Waals surface area contributed by atoms with Gasteiger partial charge in [-0.2, -0.15) is 0 Å². The molecular formula is C17H21ClN4O. The normalized spacial score (nSPS) is 16.3. The van der Waals surface area contributed by atoms with Crippen LogP contribution >= 0.6 is 11.6 Å². The molecule has 0 amide bonds. The standard InChI is InChI=1S/C17H21ClN4O/c1-13(15-2-4-16(18)5-3-15)19-10-14-11-20-17(21-12-14)22-6-8-23-9-7-22/h2-5,11-13,19H,6-10H2,1H3/t13-/m1/s1. The summed E-state index contributed by atoms with van der Waals surface area (Å²) in [6.07, 6.45) is 3.78. The van der Waals surface area contributed by atoms with Crippen LogP contribution in [-0.4, -0.2) is 36.3 Å². The van der Waals surface area contributed by atoms with Crippen LogP contribution < -0.4 is 10.2 Å². The topological polar surface area (TPSA) is 50.3 Å². The number of ether oxygens (including phenoxy) is 1. The SMILES string of the molecule is C[C@@H](NCc1cnc(N2CCOCC2)nc1)c1ccc(Cl)cc1. The highest BCUT2D eigenvalue weighted by molar-refractivity contribution is 6.30. The number of rotatable bonds is 5. The van der Waals surface area contributed by atoms with E-state index < -0.39 is 0 Å². The van der Waals surface area contributed by atoms with E-state index >= 15 is 0 Å². The zero-order valence-electron chi connectivity index (χ0n) is 13.2. The molecule has 23 heavy (non-hydrogen) atoms. The van der Waals surface area contributed by atoms with E-state index in [1.807, 2.05) is 36.7 Å². The second kappa shape index (κ2) is 7.73. The molecule has 1 aliphatic rings. The second-order valence-corrected chi connectivity index (χ2v) is 6.08. The van der Waals surface area contributed by atoms with Crippen molar-refractivity contribution in [2.45, 2.75) is 19.5 Å². The van der Waals surface area contributed by atoms with Crippen molar-refractivity contribution < 1.29 is 4.74 Å². The quantitative estimate of drug-likeness (QED) is 0.912. The monoisotopic (exact) mass is 332 g/mol. The summed E-state index contributed by atoms with van der Waals surface area (Å²) in [5.74, 6) is 0.780. The van der Waals surface area contributed by atoms with Crippen LogP contribution in [0, 0.1) is 0 Å². The van der Waals surface area contributed by atoms with Gasteiger partial charge in [-0.05, 0) is 24.6 Å². The summed E-state index contributed by atoms with van der Waals surface area (Å²) in [5, 5.41) is 4.23. The first kappa shape index (κ1) is 16.2. The van der Waals surface area contributed by atoms with Crippen LogP contribution in [0.4, 0.5) is 5.95 Å². The fourth-order valence-electron chi connectivity index (χ4n) is 2.51. The van der Waals surface area contributed by atoms with Crippen LogP contribution in [0.3, 0.4) is 0 Å². The van der Waals surface area contributed by atoms with Crippen molar-refractivity contribution in [1.82, 2.24) is 15.3 Å². The lowest BCUT2D eigenvalue weighted by Gasteiger charge is -2.26. The van der Waals surface area contributed by atoms with Crippen LogP contribution in [0.25, 0.3) is 0 Å². The van der Waals surface area contributed by atoms with E-state index in [-0.39, 0.29) is 6.04 Å². The molecule has 1 aromatic carbocycles. The molecule has 1 saturated heterocycles. The molecule has 122 valence electrons. The molecule has 0 aliphatic carbocycles. The highest BCUT2D eigenvalue weighted by atomic mass is 35.5. The van der Waals surface area contributed by atoms with E-state index in [2.05, 4.69) is 27.1 Å². The molecule has 1 aliphatic heterocycles. The minimum absolute atomic E-state index is 0.242. The summed E-state index contributed by atoms with van der Waals surface area (Å²) < 4.78 is 5.34. The second-order valence-electron chi connectivity index (χ2n) is 5.64. The third-order valence-electron chi connectivity index (χ3n) is 3.97. The van der Waals surface area contributed by atoms with Crippen molar-refractivity contribution in [2.24, 2.45) is 0 Å². The number of anilines is 1. The van der Waals surface area contributed by atoms with Crippen molar-refractivity contribution in [3.8, 4) is 0 Å². The molecule has 6 heteroatoms. The summed E-state index contributed by atoms with van der Waals surface area (Å²) >= 11 is 5.92. The average Bonchev–Trinajstić information content (AvgIpc) is 2.61. The smallest absolute Gasteiger partial charge is 0.225 e. The minimum Gasteiger partial charge on any atom is -0.378 e. The first-order chi connectivity index (χ1) is 11.2. The van der Waals surface area contributed by atoms with Gasteiger partial charge in [0, 0.05) is 48.7 Å². The predicted octanol–water partition coefficient (Wildman–Crippen LogP) is 2.82. The molecule has 5 nitrogen and oxygen atoms in total. The highest BCUT2D eigenvalue weighted by Crippen LogP contribution is 2.16. The van der Waals surface area contributed by atoms with Gasteiger partial charge < -0.3 is 15.0 Å². The van der Waals surface area contributed by atoms with Crippen molar-refractivity contribution in [3.63, 3.8) is 0 Å². The molecule has 2 heterocycles. The highest BCUT2D eigenvalue weighted by Gasteiger charge is 2.13. The largest absolute Gasteiger partial charge is 0.378 e. The third-order valence-corrected chi connectivity index (χ3v) is 4.22. The van der Waals surface area contributed by atoms with E-state index in [4.69, 9.17) is 16.3 Å². The molecule has 1 aromatic heterocycles. The number of hydrogen-bond acceptors (Lipinski definition) is 5. The Bertz CT molecular complexity index is 611. The lowest BCUT2D eigenvalue weighted by atomic mass is 10.1. The molecule has 0 unspecified atom stereocenters. The number of morpholine rings is 1. The Morgan fingerprint density at radius 3 is 2.48 bits per heavy atom. The summed E-state index contributed by atoms with van der Waals surface area (Å²) in [5.41, 5.74) is 2.28. The molecule has 1 N–H and O–H groups in total. The maximum absolute atomic E-state index is 5.92. The lowest BCUT2D eigenvalue weighted by Crippen LogP contribution is -2.37. The van der Waals surface area contributed by atoms with Gasteiger partial charge in [0.15, 0.2) is 0 Å². The van der Waals surface area contributed by atoms with Crippen molar-refractivity contribution in [1.29, 1.82) is 0 Å². The number of nitrogens with zero attached hydrogens (tertiary/aromatic N) is 3. The molecule has 3 rings (SSSR count). The van der Waals surface area contributed by atoms with E-state index in [1.165, 1.54) is 5.56 Å². The van der Waals surface area contributed by atoms with Gasteiger partial charge in [-0.3, -0.25) is 0 Å². The molecule has 0 saturated carbocycles. The van der Waals surface area contributed by atoms with Crippen molar-refractivity contribution in [2.75, 3.05) is 31.2 Å². The van der Waals surface area contributed by atoms with Gasteiger partial charge in [0.05, 0.1) is 13.2 Å². The Kier molecular flexibility index (Phi) is 5.43. The molecule has 1 atom stereocenters. The maximum atomic E-state index is 5.92. The lowest BCUT2D eigenvalue weighted by molar-refractivity contribution is 0.122. The molecule has 0 spiro atoms. The molecule has 1 fully saturated rings. The summed E-state index contributed by atoms with van der Waals surface area (Å²) in [4.78, 5) is 11.1. The summed E-state index contributed by atoms with van der Waals surface area (Å²) in [6.45, 7) is 6.05. The van der Waals surface area contributed by atoms with E-state index in [9.17, 15) is 0 Å². The Balaban J connectivity index is 1.54. The fourth-order valence-corrected chi connectivity index (χ4v) is 2.63. The van der Waals surface area contributed by atoms with Crippen molar-refractivity contribution >= 4 is 17.5 Å². The van der Waals surface area contributed by atoms with Gasteiger partial charge in [0.1, 0.15) is 0 Å². The number of benzene rings is 1. The number of hydrogen-bond donors (Lipinski definition) is 1. The maximum Gasteiger partial charge on any atom is 0.225 e. The van der Waals surface area contributed by atoms with Crippen LogP contribution in [0.1, 0.15) is 24.1 Å². The molecule has 0 radical (unpaired) electrons. The van der Waals surface area contributed by atoms with Gasteiger partial charge in [-0.25, -0.2) is 9.97 Å². The van der Waals surface area contributed by atoms with Crippen LogP contribution in [0.5, 0.6) is 0 Å². The first-order valence-electron chi connectivity index (χ1n) is 7.85. The van der Waals surface area contributed by atoms with Crippen LogP contribution in [-0.2, 0) is 11.3 Å². The third kappa shape index (κ3) is 4.41. The molecular weight excluding hydrogens is 312 g/mol. The Hall–Kier alpha value is -1.69. The van der Waals surface area contributed by atoms with Gasteiger partial charge in [-0.1, -0.05) is 23.7 Å². The number of halogens is 1. The average molecular weight is 333 g/mol. The van der Waals surface area contributed by atoms with E-state index in [0.717, 1.165) is 49.4 Å². The van der Waals surface area contributed by atoms with E-state index in [1.54, 1.807) is 0 Å². The zero-order valence-corrected chi connectivity index (χ0v) is 14.0. The molecule has 2 aromatic rings. The van der Waals surface area contributed by atoms with Gasteiger partial charge in [-0.15, -0.1) is 0 Å². The first-order valence-corrected chi connectivity index (χ1v) is 8.22. The molecule has 0 bridgehead atoms. The van der Waals surface area contributed by atoms with Gasteiger partial charge in [0.25, 0.3) is 0 Å². The zero-order chi connectivity index (χ0) is 16.1. The minimum atomic E-state index is 0.242. The Morgan fingerprint density at radius 2 is 1.83 bits per heavy atom.